The van der Waals surface area contributed by atoms with Crippen LogP contribution in [0.2, 0.25) is 0 Å². The standard InChI is InChI=1S/C18H20N6OS/c1-11-22-23-17(26-11)12-2-3-13-10-20-16(9-14(13)8-12)21-18(25)24-6-4-15(19)5-7-24/h2-3,8-10,15H,4-7,19H2,1H3,(H,20,21,25). The SMILES string of the molecule is Cc1nnc(-c2ccc3cnc(NC(=O)N4CCC(N)CC4)cc3c2)s1. The minimum absolute atomic E-state index is 0.125. The quantitative estimate of drug-likeness (QED) is 0.725. The van der Waals surface area contributed by atoms with Gasteiger partial charge in [0.1, 0.15) is 15.8 Å². The second-order valence-corrected chi connectivity index (χ2v) is 7.69. The minimum atomic E-state index is -0.125. The second-order valence-electron chi connectivity index (χ2n) is 6.51. The van der Waals surface area contributed by atoms with Gasteiger partial charge in [0.05, 0.1) is 0 Å². The maximum atomic E-state index is 12.4. The molecule has 8 heteroatoms. The number of hydrogen-bond donors (Lipinski definition) is 2. The van der Waals surface area contributed by atoms with Gasteiger partial charge in [0.25, 0.3) is 0 Å². The first-order chi connectivity index (χ1) is 12.6. The molecule has 0 radical (unpaired) electrons. The number of nitrogens with one attached hydrogen (secondary N) is 1. The van der Waals surface area contributed by atoms with E-state index in [1.54, 1.807) is 22.4 Å². The third-order valence-corrected chi connectivity index (χ3v) is 5.44. The molecule has 3 heterocycles. The molecule has 1 aliphatic rings. The summed E-state index contributed by atoms with van der Waals surface area (Å²) in [6.45, 7) is 3.30. The predicted molar refractivity (Wildman–Crippen MR) is 103 cm³/mol. The van der Waals surface area contributed by atoms with Crippen LogP contribution in [0.1, 0.15) is 17.8 Å². The molecular weight excluding hydrogens is 348 g/mol. The number of fused-ring (bicyclic) bond motifs is 1. The topological polar surface area (TPSA) is 97.0 Å². The zero-order valence-electron chi connectivity index (χ0n) is 14.5. The average molecular weight is 368 g/mol. The molecule has 0 aliphatic carbocycles. The van der Waals surface area contributed by atoms with Crippen LogP contribution in [-0.4, -0.2) is 45.2 Å². The number of aryl methyl sites for hydroxylation is 1. The number of carbonyl (C=O) groups is 1. The van der Waals surface area contributed by atoms with Crippen molar-refractivity contribution in [1.29, 1.82) is 0 Å². The van der Waals surface area contributed by atoms with Crippen molar-refractivity contribution in [3.8, 4) is 10.6 Å². The van der Waals surface area contributed by atoms with E-state index in [1.807, 2.05) is 31.2 Å². The molecule has 2 amide bonds. The molecule has 4 rings (SSSR count). The normalized spacial score (nSPS) is 15.4. The maximum Gasteiger partial charge on any atom is 0.323 e. The first kappa shape index (κ1) is 16.9. The highest BCUT2D eigenvalue weighted by Gasteiger charge is 2.20. The molecule has 2 aromatic heterocycles. The molecule has 0 unspecified atom stereocenters. The summed E-state index contributed by atoms with van der Waals surface area (Å²) in [5.41, 5.74) is 6.91. The number of urea groups is 1. The summed E-state index contributed by atoms with van der Waals surface area (Å²) in [7, 11) is 0. The van der Waals surface area contributed by atoms with Crippen LogP contribution in [0.5, 0.6) is 0 Å². The molecule has 134 valence electrons. The third-order valence-electron chi connectivity index (χ3n) is 4.56. The van der Waals surface area contributed by atoms with Crippen molar-refractivity contribution in [3.63, 3.8) is 0 Å². The van der Waals surface area contributed by atoms with Gasteiger partial charge in [-0.1, -0.05) is 23.5 Å². The Morgan fingerprint density at radius 2 is 2.04 bits per heavy atom. The number of rotatable bonds is 2. The Morgan fingerprint density at radius 1 is 1.23 bits per heavy atom. The Kier molecular flexibility index (Phi) is 4.52. The van der Waals surface area contributed by atoms with Crippen LogP contribution < -0.4 is 11.1 Å². The van der Waals surface area contributed by atoms with E-state index >= 15 is 0 Å². The van der Waals surface area contributed by atoms with Crippen molar-refractivity contribution >= 4 is 34.0 Å². The van der Waals surface area contributed by atoms with Crippen LogP contribution in [0.25, 0.3) is 21.3 Å². The van der Waals surface area contributed by atoms with Gasteiger partial charge in [-0.15, -0.1) is 10.2 Å². The lowest BCUT2D eigenvalue weighted by Crippen LogP contribution is -2.44. The summed E-state index contributed by atoms with van der Waals surface area (Å²) in [5.74, 6) is 0.544. The van der Waals surface area contributed by atoms with Crippen molar-refractivity contribution in [2.75, 3.05) is 18.4 Å². The number of nitrogens with zero attached hydrogens (tertiary/aromatic N) is 4. The molecule has 1 aromatic carbocycles. The summed E-state index contributed by atoms with van der Waals surface area (Å²) >= 11 is 1.56. The van der Waals surface area contributed by atoms with Gasteiger partial charge in [0, 0.05) is 36.3 Å². The summed E-state index contributed by atoms with van der Waals surface area (Å²) in [4.78, 5) is 18.6. The summed E-state index contributed by atoms with van der Waals surface area (Å²) in [6, 6.07) is 8.03. The molecule has 1 fully saturated rings. The fourth-order valence-electron chi connectivity index (χ4n) is 3.05. The lowest BCUT2D eigenvalue weighted by molar-refractivity contribution is 0.195. The molecule has 26 heavy (non-hydrogen) atoms. The fourth-order valence-corrected chi connectivity index (χ4v) is 3.73. The van der Waals surface area contributed by atoms with Crippen molar-refractivity contribution in [3.05, 3.63) is 35.5 Å². The Hall–Kier alpha value is -2.58. The number of amides is 2. The highest BCUT2D eigenvalue weighted by atomic mass is 32.1. The molecule has 0 bridgehead atoms. The number of piperidine rings is 1. The van der Waals surface area contributed by atoms with E-state index in [4.69, 9.17) is 5.73 Å². The number of benzene rings is 1. The zero-order valence-corrected chi connectivity index (χ0v) is 15.3. The smallest absolute Gasteiger partial charge is 0.323 e. The van der Waals surface area contributed by atoms with Crippen LogP contribution in [0.4, 0.5) is 10.6 Å². The average Bonchev–Trinajstić information content (AvgIpc) is 3.08. The van der Waals surface area contributed by atoms with Gasteiger partial charge in [-0.3, -0.25) is 5.32 Å². The number of carbonyl (C=O) groups excluding carboxylic acids is 1. The van der Waals surface area contributed by atoms with E-state index in [-0.39, 0.29) is 12.1 Å². The lowest BCUT2D eigenvalue weighted by Gasteiger charge is -2.30. The van der Waals surface area contributed by atoms with Gasteiger partial charge in [-0.25, -0.2) is 9.78 Å². The van der Waals surface area contributed by atoms with Crippen molar-refractivity contribution in [2.45, 2.75) is 25.8 Å². The van der Waals surface area contributed by atoms with Gasteiger partial charge in [0.15, 0.2) is 0 Å². The Labute approximate surface area is 155 Å². The second kappa shape index (κ2) is 6.97. The highest BCUT2D eigenvalue weighted by molar-refractivity contribution is 7.14. The Balaban J connectivity index is 1.55. The van der Waals surface area contributed by atoms with E-state index in [0.29, 0.717) is 18.9 Å². The zero-order chi connectivity index (χ0) is 18.1. The van der Waals surface area contributed by atoms with E-state index in [1.165, 1.54) is 0 Å². The first-order valence-electron chi connectivity index (χ1n) is 8.60. The highest BCUT2D eigenvalue weighted by Crippen LogP contribution is 2.27. The molecule has 1 aliphatic heterocycles. The monoisotopic (exact) mass is 368 g/mol. The third kappa shape index (κ3) is 3.51. The molecule has 0 saturated carbocycles. The first-order valence-corrected chi connectivity index (χ1v) is 9.42. The van der Waals surface area contributed by atoms with Crippen LogP contribution in [0.3, 0.4) is 0 Å². The lowest BCUT2D eigenvalue weighted by atomic mass is 10.1. The van der Waals surface area contributed by atoms with Crippen LogP contribution in [-0.2, 0) is 0 Å². The summed E-state index contributed by atoms with van der Waals surface area (Å²) < 4.78 is 0. The molecular formula is C18H20N6OS. The number of aromatic nitrogens is 3. The molecule has 7 nitrogen and oxygen atoms in total. The van der Waals surface area contributed by atoms with Crippen molar-refractivity contribution < 1.29 is 4.79 Å². The van der Waals surface area contributed by atoms with E-state index in [9.17, 15) is 4.79 Å². The summed E-state index contributed by atoms with van der Waals surface area (Å²) in [5, 5.41) is 15.0. The molecule has 3 aromatic rings. The molecule has 0 spiro atoms. The van der Waals surface area contributed by atoms with Crippen LogP contribution in [0.15, 0.2) is 30.5 Å². The number of anilines is 1. The van der Waals surface area contributed by atoms with E-state index in [2.05, 4.69) is 20.5 Å². The number of pyridine rings is 1. The maximum absolute atomic E-state index is 12.4. The Bertz CT molecular complexity index is 948. The molecule has 1 saturated heterocycles. The van der Waals surface area contributed by atoms with Gasteiger partial charge in [-0.05, 0) is 37.3 Å². The van der Waals surface area contributed by atoms with Gasteiger partial charge in [-0.2, -0.15) is 0 Å². The number of hydrogen-bond acceptors (Lipinski definition) is 6. The van der Waals surface area contributed by atoms with Gasteiger partial charge in [0.2, 0.25) is 0 Å². The van der Waals surface area contributed by atoms with Crippen LogP contribution in [0, 0.1) is 6.92 Å². The van der Waals surface area contributed by atoms with Gasteiger partial charge >= 0.3 is 6.03 Å². The minimum Gasteiger partial charge on any atom is -0.328 e. The van der Waals surface area contributed by atoms with E-state index < -0.39 is 0 Å². The summed E-state index contributed by atoms with van der Waals surface area (Å²) in [6.07, 6.45) is 3.44. The number of nitrogens with two attached hydrogens (primary N) is 1. The number of likely N-dealkylation sites (tertiary alicyclic amines) is 1. The predicted octanol–water partition coefficient (Wildman–Crippen LogP) is 3.02. The van der Waals surface area contributed by atoms with E-state index in [0.717, 1.165) is 39.2 Å². The Morgan fingerprint density at radius 3 is 2.77 bits per heavy atom. The van der Waals surface area contributed by atoms with Crippen molar-refractivity contribution in [1.82, 2.24) is 20.1 Å². The molecule has 3 N–H and O–H groups in total. The fraction of sp³-hybridized carbons (Fsp3) is 0.333. The molecule has 0 atom stereocenters. The van der Waals surface area contributed by atoms with Gasteiger partial charge < -0.3 is 10.6 Å². The van der Waals surface area contributed by atoms with Crippen molar-refractivity contribution in [2.24, 2.45) is 5.73 Å². The largest absolute Gasteiger partial charge is 0.328 e. The van der Waals surface area contributed by atoms with Crippen LogP contribution >= 0.6 is 11.3 Å².